The molecule has 0 radical (unpaired) electrons. The molecule has 0 aromatic carbocycles. The number of aromatic nitrogens is 5. The zero-order valence-corrected chi connectivity index (χ0v) is 11.4. The van der Waals surface area contributed by atoms with Crippen LogP contribution < -0.4 is 0 Å². The first kappa shape index (κ1) is 12.0. The van der Waals surface area contributed by atoms with Gasteiger partial charge in [0.05, 0.1) is 6.20 Å². The molecule has 0 fully saturated rings. The molecule has 2 rings (SSSR count). The average molecular weight is 347 g/mol. The molecular weight excluding hydrogens is 337 g/mol. The smallest absolute Gasteiger partial charge is 0.342 e. The highest BCUT2D eigenvalue weighted by molar-refractivity contribution is 14.1. The van der Waals surface area contributed by atoms with Crippen LogP contribution in [0.25, 0.3) is 0 Å². The summed E-state index contributed by atoms with van der Waals surface area (Å²) in [6, 6.07) is 0. The van der Waals surface area contributed by atoms with Crippen molar-refractivity contribution < 1.29 is 9.53 Å². The normalized spacial score (nSPS) is 10.5. The maximum absolute atomic E-state index is 11.7. The highest BCUT2D eigenvalue weighted by Crippen LogP contribution is 2.12. The Morgan fingerprint density at radius 2 is 2.41 bits per heavy atom. The van der Waals surface area contributed by atoms with Gasteiger partial charge < -0.3 is 4.74 Å². The molecule has 0 aliphatic heterocycles. The van der Waals surface area contributed by atoms with Gasteiger partial charge in [0.25, 0.3) is 0 Å². The van der Waals surface area contributed by atoms with Gasteiger partial charge in [-0.15, -0.1) is 0 Å². The average Bonchev–Trinajstić information content (AvgIpc) is 2.84. The maximum atomic E-state index is 11.7. The van der Waals surface area contributed by atoms with Gasteiger partial charge in [0.15, 0.2) is 12.4 Å². The number of ether oxygens (including phenoxy) is 1. The van der Waals surface area contributed by atoms with Crippen molar-refractivity contribution in [2.45, 2.75) is 13.5 Å². The van der Waals surface area contributed by atoms with Crippen LogP contribution in [0.3, 0.4) is 0 Å². The number of rotatable bonds is 3. The lowest BCUT2D eigenvalue weighted by molar-refractivity contribution is 0.0461. The predicted molar refractivity (Wildman–Crippen MR) is 66.2 cm³/mol. The highest BCUT2D eigenvalue weighted by atomic mass is 127. The molecule has 7 nitrogen and oxygen atoms in total. The van der Waals surface area contributed by atoms with Crippen LogP contribution in [0.15, 0.2) is 6.20 Å². The second kappa shape index (κ2) is 4.82. The Morgan fingerprint density at radius 1 is 1.65 bits per heavy atom. The molecule has 0 bridgehead atoms. The van der Waals surface area contributed by atoms with E-state index >= 15 is 0 Å². The number of halogens is 1. The Hall–Kier alpha value is -1.45. The van der Waals surface area contributed by atoms with E-state index < -0.39 is 5.97 Å². The van der Waals surface area contributed by atoms with Crippen molar-refractivity contribution in [3.8, 4) is 0 Å². The summed E-state index contributed by atoms with van der Waals surface area (Å²) in [6.07, 6.45) is 1.48. The van der Waals surface area contributed by atoms with Crippen LogP contribution in [0.1, 0.15) is 22.0 Å². The van der Waals surface area contributed by atoms with Gasteiger partial charge in [-0.2, -0.15) is 10.2 Å². The fourth-order valence-corrected chi connectivity index (χ4v) is 1.70. The van der Waals surface area contributed by atoms with Gasteiger partial charge in [0.2, 0.25) is 0 Å². The Kier molecular flexibility index (Phi) is 3.41. The third-order valence-electron chi connectivity index (χ3n) is 2.06. The van der Waals surface area contributed by atoms with Crippen molar-refractivity contribution in [3.63, 3.8) is 0 Å². The van der Waals surface area contributed by atoms with E-state index in [0.29, 0.717) is 17.2 Å². The van der Waals surface area contributed by atoms with Gasteiger partial charge in [0, 0.05) is 7.05 Å². The number of carbonyl (C=O) groups excluding carboxylic acids is 1. The van der Waals surface area contributed by atoms with Crippen LogP contribution in [-0.4, -0.2) is 30.9 Å². The van der Waals surface area contributed by atoms with Gasteiger partial charge >= 0.3 is 5.97 Å². The lowest BCUT2D eigenvalue weighted by Gasteiger charge is -2.00. The number of hydrogen-bond acceptors (Lipinski definition) is 5. The van der Waals surface area contributed by atoms with E-state index in [1.807, 2.05) is 22.6 Å². The summed E-state index contributed by atoms with van der Waals surface area (Å²) in [6.45, 7) is 1.83. The predicted octanol–water partition coefficient (Wildman–Crippen LogP) is 0.808. The highest BCUT2D eigenvalue weighted by Gasteiger charge is 2.16. The van der Waals surface area contributed by atoms with Crippen LogP contribution in [0, 0.1) is 10.6 Å². The number of H-pyrrole nitrogens is 1. The first-order valence-corrected chi connectivity index (χ1v) is 5.88. The lowest BCUT2D eigenvalue weighted by Crippen LogP contribution is -2.07. The molecule has 0 aliphatic carbocycles. The van der Waals surface area contributed by atoms with Crippen molar-refractivity contribution in [2.75, 3.05) is 0 Å². The number of hydrogen-bond donors (Lipinski definition) is 1. The monoisotopic (exact) mass is 347 g/mol. The summed E-state index contributed by atoms with van der Waals surface area (Å²) in [7, 11) is 1.76. The molecule has 0 unspecified atom stereocenters. The van der Waals surface area contributed by atoms with E-state index in [4.69, 9.17) is 4.74 Å². The number of aromatic amines is 1. The standard InChI is InChI=1S/C9H10IN5O2/c1-5-12-7(14-13-5)4-17-9(16)6-3-11-15(2)8(6)10/h3H,4H2,1-2H3,(H,12,13,14). The number of nitrogens with one attached hydrogen (secondary N) is 1. The van der Waals surface area contributed by atoms with Crippen LogP contribution in [0.4, 0.5) is 0 Å². The lowest BCUT2D eigenvalue weighted by atomic mass is 10.4. The summed E-state index contributed by atoms with van der Waals surface area (Å²) in [5.41, 5.74) is 0.445. The van der Waals surface area contributed by atoms with Crippen molar-refractivity contribution >= 4 is 28.6 Å². The van der Waals surface area contributed by atoms with E-state index in [1.54, 1.807) is 18.7 Å². The zero-order chi connectivity index (χ0) is 12.4. The quantitative estimate of drug-likeness (QED) is 0.656. The molecule has 90 valence electrons. The topological polar surface area (TPSA) is 85.7 Å². The minimum atomic E-state index is -0.426. The first-order valence-electron chi connectivity index (χ1n) is 4.80. The molecule has 0 saturated heterocycles. The summed E-state index contributed by atoms with van der Waals surface area (Å²) >= 11 is 2.04. The summed E-state index contributed by atoms with van der Waals surface area (Å²) in [4.78, 5) is 15.8. The second-order valence-electron chi connectivity index (χ2n) is 3.39. The van der Waals surface area contributed by atoms with E-state index in [9.17, 15) is 4.79 Å². The van der Waals surface area contributed by atoms with Crippen LogP contribution >= 0.6 is 22.6 Å². The van der Waals surface area contributed by atoms with E-state index in [0.717, 1.165) is 3.70 Å². The third kappa shape index (κ3) is 2.62. The van der Waals surface area contributed by atoms with Crippen molar-refractivity contribution in [3.05, 3.63) is 27.1 Å². The van der Waals surface area contributed by atoms with Crippen molar-refractivity contribution in [2.24, 2.45) is 7.05 Å². The fraction of sp³-hybridized carbons (Fsp3) is 0.333. The minimum absolute atomic E-state index is 0.0497. The molecule has 0 atom stereocenters. The molecule has 0 amide bonds. The first-order chi connectivity index (χ1) is 8.08. The zero-order valence-electron chi connectivity index (χ0n) is 9.27. The number of nitrogens with zero attached hydrogens (tertiary/aromatic N) is 4. The Labute approximate surface area is 111 Å². The molecule has 0 aliphatic rings. The molecule has 2 heterocycles. The molecule has 8 heteroatoms. The molecule has 17 heavy (non-hydrogen) atoms. The summed E-state index contributed by atoms with van der Waals surface area (Å²) < 4.78 is 7.42. The van der Waals surface area contributed by atoms with Gasteiger partial charge in [-0.1, -0.05) is 0 Å². The van der Waals surface area contributed by atoms with Gasteiger partial charge in [-0.3, -0.25) is 9.78 Å². The van der Waals surface area contributed by atoms with Crippen molar-refractivity contribution in [1.82, 2.24) is 25.0 Å². The second-order valence-corrected chi connectivity index (χ2v) is 4.41. The van der Waals surface area contributed by atoms with E-state index in [1.165, 1.54) is 6.20 Å². The Bertz CT molecular complexity index is 547. The molecule has 0 saturated carbocycles. The Balaban J connectivity index is 2.00. The molecule has 2 aromatic rings. The van der Waals surface area contributed by atoms with E-state index in [2.05, 4.69) is 20.3 Å². The SMILES string of the molecule is Cc1nc(COC(=O)c2cnn(C)c2I)n[nH]1. The van der Waals surface area contributed by atoms with Crippen molar-refractivity contribution in [1.29, 1.82) is 0 Å². The van der Waals surface area contributed by atoms with Gasteiger partial charge in [-0.05, 0) is 29.5 Å². The minimum Gasteiger partial charge on any atom is -0.454 e. The molecule has 1 N–H and O–H groups in total. The molecule has 0 spiro atoms. The Morgan fingerprint density at radius 3 is 2.94 bits per heavy atom. The fourth-order valence-electron chi connectivity index (χ4n) is 1.22. The molecular formula is C9H10IN5O2. The number of carbonyl (C=O) groups is 1. The summed E-state index contributed by atoms with van der Waals surface area (Å²) in [5.74, 6) is 0.715. The summed E-state index contributed by atoms with van der Waals surface area (Å²) in [5, 5.41) is 10.5. The van der Waals surface area contributed by atoms with Gasteiger partial charge in [-0.25, -0.2) is 9.78 Å². The van der Waals surface area contributed by atoms with Crippen LogP contribution in [0.5, 0.6) is 0 Å². The number of aryl methyl sites for hydroxylation is 2. The molecule has 2 aromatic heterocycles. The van der Waals surface area contributed by atoms with Gasteiger partial charge in [0.1, 0.15) is 15.1 Å². The maximum Gasteiger partial charge on any atom is 0.342 e. The van der Waals surface area contributed by atoms with E-state index in [-0.39, 0.29) is 6.61 Å². The third-order valence-corrected chi connectivity index (χ3v) is 3.34. The largest absolute Gasteiger partial charge is 0.454 e. The number of esters is 1. The van der Waals surface area contributed by atoms with Crippen LogP contribution in [-0.2, 0) is 18.4 Å². The van der Waals surface area contributed by atoms with Crippen LogP contribution in [0.2, 0.25) is 0 Å².